The quantitative estimate of drug-likeness (QED) is 0.748. The number of fused-ring (bicyclic) bond motifs is 1. The number of nitrogens with one attached hydrogen (secondary N) is 1. The fourth-order valence-corrected chi connectivity index (χ4v) is 4.20. The highest BCUT2D eigenvalue weighted by Gasteiger charge is 2.17. The number of halogens is 1. The third-order valence-electron chi connectivity index (χ3n) is 3.24. The lowest BCUT2D eigenvalue weighted by Gasteiger charge is -2.05. The number of thiazole rings is 1. The molecule has 3 aromatic rings. The lowest BCUT2D eigenvalue weighted by atomic mass is 10.3. The number of methoxy groups -OCH3 is 2. The number of ether oxygens (including phenoxy) is 2. The monoisotopic (exact) mass is 368 g/mol. The summed E-state index contributed by atoms with van der Waals surface area (Å²) in [5.74, 6) is 0.526. The third-order valence-corrected chi connectivity index (χ3v) is 5.66. The summed E-state index contributed by atoms with van der Waals surface area (Å²) < 4.78 is 51.1. The van der Waals surface area contributed by atoms with Crippen LogP contribution in [0.4, 0.5) is 9.52 Å². The van der Waals surface area contributed by atoms with Gasteiger partial charge in [-0.3, -0.25) is 4.72 Å². The summed E-state index contributed by atoms with van der Waals surface area (Å²) in [6.07, 6.45) is 0. The maximum atomic E-state index is 12.9. The Balaban J connectivity index is 1.96. The van der Waals surface area contributed by atoms with Crippen LogP contribution in [0, 0.1) is 5.82 Å². The lowest BCUT2D eigenvalue weighted by Crippen LogP contribution is -2.12. The molecule has 0 saturated heterocycles. The van der Waals surface area contributed by atoms with Crippen LogP contribution < -0.4 is 14.2 Å². The van der Waals surface area contributed by atoms with Gasteiger partial charge in [-0.1, -0.05) is 11.3 Å². The van der Waals surface area contributed by atoms with Gasteiger partial charge in [-0.25, -0.2) is 17.8 Å². The molecule has 0 saturated carbocycles. The predicted molar refractivity (Wildman–Crippen MR) is 89.9 cm³/mol. The van der Waals surface area contributed by atoms with E-state index in [0.29, 0.717) is 17.0 Å². The molecule has 0 aliphatic rings. The standard InChI is InChI=1S/C15H13FN2O4S2/c1-21-12-7-11-14(8-13(12)22-2)23-15(17-11)18-24(19,20)10-5-3-9(16)4-6-10/h3-8H,1-2H3,(H,17,18). The molecule has 0 radical (unpaired) electrons. The van der Waals surface area contributed by atoms with Crippen LogP contribution in [0.15, 0.2) is 41.3 Å². The van der Waals surface area contributed by atoms with Crippen LogP contribution in [0.1, 0.15) is 0 Å². The van der Waals surface area contributed by atoms with Crippen LogP contribution in [0.2, 0.25) is 0 Å². The lowest BCUT2D eigenvalue weighted by molar-refractivity contribution is 0.356. The summed E-state index contributed by atoms with van der Waals surface area (Å²) in [5.41, 5.74) is 0.578. The first-order chi connectivity index (χ1) is 11.4. The molecule has 0 aliphatic carbocycles. The Morgan fingerprint density at radius 1 is 1.08 bits per heavy atom. The Hall–Kier alpha value is -2.39. The molecule has 3 rings (SSSR count). The van der Waals surface area contributed by atoms with Gasteiger partial charge in [-0.05, 0) is 24.3 Å². The molecular formula is C15H13FN2O4S2. The van der Waals surface area contributed by atoms with Crippen LogP contribution >= 0.6 is 11.3 Å². The van der Waals surface area contributed by atoms with Gasteiger partial charge in [0, 0.05) is 12.1 Å². The Morgan fingerprint density at radius 3 is 2.33 bits per heavy atom. The Morgan fingerprint density at radius 2 is 1.71 bits per heavy atom. The van der Waals surface area contributed by atoms with Gasteiger partial charge >= 0.3 is 0 Å². The number of anilines is 1. The van der Waals surface area contributed by atoms with Crippen molar-refractivity contribution in [1.29, 1.82) is 0 Å². The maximum Gasteiger partial charge on any atom is 0.263 e. The van der Waals surface area contributed by atoms with E-state index in [4.69, 9.17) is 9.47 Å². The van der Waals surface area contributed by atoms with Gasteiger partial charge in [-0.15, -0.1) is 0 Å². The van der Waals surface area contributed by atoms with E-state index in [2.05, 4.69) is 9.71 Å². The molecule has 6 nitrogen and oxygen atoms in total. The van der Waals surface area contributed by atoms with Crippen molar-refractivity contribution in [2.24, 2.45) is 0 Å². The molecule has 0 unspecified atom stereocenters. The summed E-state index contributed by atoms with van der Waals surface area (Å²) in [6, 6.07) is 7.95. The van der Waals surface area contributed by atoms with Crippen LogP contribution in [0.3, 0.4) is 0 Å². The molecule has 0 fully saturated rings. The van der Waals surface area contributed by atoms with Gasteiger partial charge < -0.3 is 9.47 Å². The number of sulfonamides is 1. The second kappa shape index (κ2) is 6.25. The van der Waals surface area contributed by atoms with Crippen LogP contribution in [0.25, 0.3) is 10.2 Å². The van der Waals surface area contributed by atoms with Crippen molar-refractivity contribution >= 4 is 36.7 Å². The number of hydrogen-bond acceptors (Lipinski definition) is 6. The Bertz CT molecular complexity index is 944. The van der Waals surface area contributed by atoms with Crippen molar-refractivity contribution < 1.29 is 22.3 Å². The fourth-order valence-electron chi connectivity index (χ4n) is 2.09. The summed E-state index contributed by atoms with van der Waals surface area (Å²) in [5, 5.41) is 0.199. The van der Waals surface area contributed by atoms with Crippen molar-refractivity contribution in [2.75, 3.05) is 18.9 Å². The zero-order valence-electron chi connectivity index (χ0n) is 12.7. The van der Waals surface area contributed by atoms with Crippen molar-refractivity contribution in [2.45, 2.75) is 4.90 Å². The molecule has 9 heteroatoms. The highest BCUT2D eigenvalue weighted by atomic mass is 32.2. The van der Waals surface area contributed by atoms with Gasteiger partial charge in [0.05, 0.1) is 29.3 Å². The minimum absolute atomic E-state index is 0.0432. The Kier molecular flexibility index (Phi) is 4.29. The fraction of sp³-hybridized carbons (Fsp3) is 0.133. The van der Waals surface area contributed by atoms with Crippen molar-refractivity contribution in [3.05, 3.63) is 42.2 Å². The summed E-state index contributed by atoms with van der Waals surface area (Å²) in [7, 11) is -0.815. The first-order valence-electron chi connectivity index (χ1n) is 6.74. The first-order valence-corrected chi connectivity index (χ1v) is 9.04. The van der Waals surface area contributed by atoms with Crippen LogP contribution in [-0.2, 0) is 10.0 Å². The van der Waals surface area contributed by atoms with Gasteiger partial charge in [-0.2, -0.15) is 0 Å². The summed E-state index contributed by atoms with van der Waals surface area (Å²) in [6.45, 7) is 0. The topological polar surface area (TPSA) is 77.5 Å². The van der Waals surface area contributed by atoms with E-state index < -0.39 is 15.8 Å². The zero-order valence-corrected chi connectivity index (χ0v) is 14.4. The highest BCUT2D eigenvalue weighted by molar-refractivity contribution is 7.93. The number of benzene rings is 2. The first kappa shape index (κ1) is 16.5. The SMILES string of the molecule is COc1cc2nc(NS(=O)(=O)c3ccc(F)cc3)sc2cc1OC. The molecule has 2 aromatic carbocycles. The predicted octanol–water partition coefficient (Wildman–Crippen LogP) is 3.25. The highest BCUT2D eigenvalue weighted by Crippen LogP contribution is 2.36. The van der Waals surface area contributed by atoms with Gasteiger partial charge in [0.25, 0.3) is 10.0 Å². The molecule has 0 spiro atoms. The van der Waals surface area contributed by atoms with E-state index in [9.17, 15) is 12.8 Å². The third kappa shape index (κ3) is 3.13. The molecule has 0 amide bonds. The van der Waals surface area contributed by atoms with Gasteiger partial charge in [0.15, 0.2) is 16.6 Å². The number of hydrogen-bond donors (Lipinski definition) is 1. The van der Waals surface area contributed by atoms with E-state index >= 15 is 0 Å². The van der Waals surface area contributed by atoms with E-state index in [0.717, 1.165) is 28.2 Å². The van der Waals surface area contributed by atoms with Crippen molar-refractivity contribution in [3.8, 4) is 11.5 Å². The molecule has 0 bridgehead atoms. The molecule has 1 aromatic heterocycles. The van der Waals surface area contributed by atoms with E-state index in [1.165, 1.54) is 26.4 Å². The van der Waals surface area contributed by atoms with Crippen LogP contribution in [0.5, 0.6) is 11.5 Å². The zero-order chi connectivity index (χ0) is 17.3. The maximum absolute atomic E-state index is 12.9. The summed E-state index contributed by atoms with van der Waals surface area (Å²) in [4.78, 5) is 4.20. The minimum Gasteiger partial charge on any atom is -0.493 e. The molecule has 126 valence electrons. The molecule has 0 aliphatic heterocycles. The van der Waals surface area contributed by atoms with E-state index in [1.807, 2.05) is 0 Å². The van der Waals surface area contributed by atoms with E-state index in [1.54, 1.807) is 12.1 Å². The average Bonchev–Trinajstić information content (AvgIpc) is 2.94. The summed E-state index contributed by atoms with van der Waals surface area (Å²) >= 11 is 1.16. The normalized spacial score (nSPS) is 11.5. The molecule has 1 N–H and O–H groups in total. The average molecular weight is 368 g/mol. The second-order valence-corrected chi connectivity index (χ2v) is 7.47. The number of rotatable bonds is 5. The number of aromatic nitrogens is 1. The second-order valence-electron chi connectivity index (χ2n) is 4.75. The van der Waals surface area contributed by atoms with Gasteiger partial charge in [0.2, 0.25) is 0 Å². The number of nitrogens with zero attached hydrogens (tertiary/aromatic N) is 1. The van der Waals surface area contributed by atoms with Crippen molar-refractivity contribution in [1.82, 2.24) is 4.98 Å². The Labute approximate surface area is 141 Å². The largest absolute Gasteiger partial charge is 0.493 e. The molecule has 24 heavy (non-hydrogen) atoms. The minimum atomic E-state index is -3.84. The van der Waals surface area contributed by atoms with Gasteiger partial charge in [0.1, 0.15) is 5.82 Å². The van der Waals surface area contributed by atoms with Crippen LogP contribution in [-0.4, -0.2) is 27.6 Å². The molecular weight excluding hydrogens is 355 g/mol. The molecule has 0 atom stereocenters. The van der Waals surface area contributed by atoms with E-state index in [-0.39, 0.29) is 10.0 Å². The smallest absolute Gasteiger partial charge is 0.263 e. The molecule has 1 heterocycles. The van der Waals surface area contributed by atoms with Crippen molar-refractivity contribution in [3.63, 3.8) is 0 Å².